The van der Waals surface area contributed by atoms with Crippen molar-refractivity contribution in [3.8, 4) is 0 Å². The fraction of sp³-hybridized carbons (Fsp3) is 0.483. The number of hydrogen-bond donors (Lipinski definition) is 2. The van der Waals surface area contributed by atoms with Gasteiger partial charge in [-0.2, -0.15) is 0 Å². The van der Waals surface area contributed by atoms with Crippen LogP contribution < -0.4 is 0 Å². The van der Waals surface area contributed by atoms with E-state index in [2.05, 4.69) is 37.6 Å². The molecular weight excluding hydrogens is 470 g/mol. The van der Waals surface area contributed by atoms with Gasteiger partial charge in [0, 0.05) is 17.8 Å². The van der Waals surface area contributed by atoms with Crippen molar-refractivity contribution in [3.63, 3.8) is 0 Å². The molecule has 2 heterocycles. The Morgan fingerprint density at radius 2 is 1.76 bits per heavy atom. The minimum absolute atomic E-state index is 0.0340. The molecule has 0 radical (unpaired) electrons. The molecule has 1 aliphatic rings. The van der Waals surface area contributed by atoms with Crippen LogP contribution in [0, 0.1) is 13.8 Å². The summed E-state index contributed by atoms with van der Waals surface area (Å²) in [6.45, 7) is 14.8. The second-order valence-corrected chi connectivity index (χ2v) is 9.81. The van der Waals surface area contributed by atoms with Gasteiger partial charge in [-0.3, -0.25) is 9.59 Å². The van der Waals surface area contributed by atoms with Gasteiger partial charge in [0.15, 0.2) is 0 Å². The molecule has 0 aliphatic carbocycles. The number of aliphatic hydroxyl groups excluding tert-OH is 1. The Morgan fingerprint density at radius 1 is 1.14 bits per heavy atom. The zero-order valence-corrected chi connectivity index (χ0v) is 23.0. The van der Waals surface area contributed by atoms with Gasteiger partial charge in [-0.15, -0.1) is 0 Å². The molecule has 1 aromatic heterocycles. The standard InChI is InChI=1S/C29H39N3O5/c1-8-31(9-2)15-10-16-32-25(21-13-11-20(12-14-21)17(3)4)23(27(34)28(32)35)26(33)22-18(5)24(29(36)37-7)30-19(22)6/h11-14,17,25,30,33H,8-10,15-16H2,1-7H3/b26-23+. The highest BCUT2D eigenvalue weighted by Gasteiger charge is 2.46. The largest absolute Gasteiger partial charge is 0.507 e. The highest BCUT2D eigenvalue weighted by Crippen LogP contribution is 2.41. The number of aliphatic hydroxyl groups is 1. The maximum atomic E-state index is 13.4. The molecule has 200 valence electrons. The monoisotopic (exact) mass is 509 g/mol. The molecule has 1 atom stereocenters. The second-order valence-electron chi connectivity index (χ2n) is 9.81. The van der Waals surface area contributed by atoms with Crippen molar-refractivity contribution >= 4 is 23.4 Å². The van der Waals surface area contributed by atoms with Crippen LogP contribution in [0.25, 0.3) is 5.76 Å². The summed E-state index contributed by atoms with van der Waals surface area (Å²) in [5.74, 6) is -1.88. The highest BCUT2D eigenvalue weighted by molar-refractivity contribution is 6.46. The van der Waals surface area contributed by atoms with Gasteiger partial charge in [0.2, 0.25) is 0 Å². The lowest BCUT2D eigenvalue weighted by Crippen LogP contribution is -2.33. The van der Waals surface area contributed by atoms with Gasteiger partial charge in [0.1, 0.15) is 11.5 Å². The number of H-pyrrole nitrogens is 1. The normalized spacial score (nSPS) is 17.3. The number of methoxy groups -OCH3 is 1. The molecule has 0 saturated carbocycles. The number of benzene rings is 1. The van der Waals surface area contributed by atoms with Crippen LogP contribution in [0.5, 0.6) is 0 Å². The number of hydrogen-bond acceptors (Lipinski definition) is 6. The molecule has 1 aromatic carbocycles. The van der Waals surface area contributed by atoms with Gasteiger partial charge in [-0.05, 0) is 62.5 Å². The number of amides is 1. The summed E-state index contributed by atoms with van der Waals surface area (Å²) in [7, 11) is 1.28. The lowest BCUT2D eigenvalue weighted by atomic mass is 9.92. The summed E-state index contributed by atoms with van der Waals surface area (Å²) in [6.07, 6.45) is 0.698. The van der Waals surface area contributed by atoms with Gasteiger partial charge in [0.25, 0.3) is 11.7 Å². The minimum Gasteiger partial charge on any atom is -0.507 e. The van der Waals surface area contributed by atoms with Gasteiger partial charge in [-0.1, -0.05) is 52.0 Å². The number of aromatic amines is 1. The first-order chi connectivity index (χ1) is 17.6. The average molecular weight is 510 g/mol. The number of aryl methyl sites for hydroxylation is 1. The number of aromatic nitrogens is 1. The number of nitrogens with zero attached hydrogens (tertiary/aromatic N) is 2. The van der Waals surface area contributed by atoms with E-state index in [1.165, 1.54) is 7.11 Å². The molecule has 1 aliphatic heterocycles. The molecule has 2 aromatic rings. The van der Waals surface area contributed by atoms with Crippen LogP contribution in [0.3, 0.4) is 0 Å². The number of Topliss-reactive ketones (excluding diaryl/α,β-unsaturated/α-hetero) is 1. The maximum Gasteiger partial charge on any atom is 0.354 e. The van der Waals surface area contributed by atoms with E-state index in [0.29, 0.717) is 35.7 Å². The predicted octanol–water partition coefficient (Wildman–Crippen LogP) is 4.70. The number of ether oxygens (including phenoxy) is 1. The van der Waals surface area contributed by atoms with Crippen molar-refractivity contribution in [2.45, 2.75) is 59.9 Å². The summed E-state index contributed by atoms with van der Waals surface area (Å²) in [5.41, 5.74) is 3.44. The van der Waals surface area contributed by atoms with Crippen molar-refractivity contribution in [2.24, 2.45) is 0 Å². The summed E-state index contributed by atoms with van der Waals surface area (Å²) < 4.78 is 4.85. The number of ketones is 1. The lowest BCUT2D eigenvalue weighted by Gasteiger charge is -2.27. The number of carbonyl (C=O) groups excluding carboxylic acids is 3. The Kier molecular flexibility index (Phi) is 8.97. The summed E-state index contributed by atoms with van der Waals surface area (Å²) in [4.78, 5) is 45.7. The Labute approximate surface area is 219 Å². The molecule has 1 unspecified atom stereocenters. The average Bonchev–Trinajstić information content (AvgIpc) is 3.32. The first-order valence-electron chi connectivity index (χ1n) is 13.0. The van der Waals surface area contributed by atoms with Crippen LogP contribution in [0.2, 0.25) is 0 Å². The summed E-state index contributed by atoms with van der Waals surface area (Å²) in [5, 5.41) is 11.5. The van der Waals surface area contributed by atoms with Crippen molar-refractivity contribution in [1.82, 2.24) is 14.8 Å². The predicted molar refractivity (Wildman–Crippen MR) is 144 cm³/mol. The first-order valence-corrected chi connectivity index (χ1v) is 13.0. The first kappa shape index (κ1) is 28.2. The van der Waals surface area contributed by atoms with Crippen LogP contribution in [-0.2, 0) is 14.3 Å². The topological polar surface area (TPSA) is 103 Å². The Bertz CT molecular complexity index is 1190. The van der Waals surface area contributed by atoms with Crippen LogP contribution in [-0.4, -0.2) is 70.8 Å². The fourth-order valence-electron chi connectivity index (χ4n) is 5.07. The Morgan fingerprint density at radius 3 is 2.30 bits per heavy atom. The van der Waals surface area contributed by atoms with Crippen molar-refractivity contribution in [1.29, 1.82) is 0 Å². The molecule has 1 amide bonds. The molecule has 8 heteroatoms. The number of carbonyl (C=O) groups is 3. The molecule has 1 saturated heterocycles. The van der Waals surface area contributed by atoms with Crippen molar-refractivity contribution in [3.05, 3.63) is 63.5 Å². The number of esters is 1. The van der Waals surface area contributed by atoms with E-state index in [1.807, 2.05) is 24.3 Å². The SMILES string of the molecule is CCN(CC)CCCN1C(=O)C(=O)/C(=C(/O)c2c(C)[nH]c(C(=O)OC)c2C)C1c1ccc(C(C)C)cc1. The van der Waals surface area contributed by atoms with E-state index in [4.69, 9.17) is 4.74 Å². The van der Waals surface area contributed by atoms with Gasteiger partial charge >= 0.3 is 5.97 Å². The fourth-order valence-corrected chi connectivity index (χ4v) is 5.07. The summed E-state index contributed by atoms with van der Waals surface area (Å²) >= 11 is 0. The van der Waals surface area contributed by atoms with Crippen LogP contribution in [0.15, 0.2) is 29.8 Å². The highest BCUT2D eigenvalue weighted by atomic mass is 16.5. The third-order valence-electron chi connectivity index (χ3n) is 7.29. The van der Waals surface area contributed by atoms with Gasteiger partial charge in [0.05, 0.1) is 18.7 Å². The third-order valence-corrected chi connectivity index (χ3v) is 7.29. The third kappa shape index (κ3) is 5.49. The number of nitrogens with one attached hydrogen (secondary N) is 1. The van der Waals surface area contributed by atoms with E-state index in [1.54, 1.807) is 18.7 Å². The van der Waals surface area contributed by atoms with Crippen LogP contribution in [0.4, 0.5) is 0 Å². The van der Waals surface area contributed by atoms with E-state index in [0.717, 1.165) is 30.8 Å². The van der Waals surface area contributed by atoms with E-state index >= 15 is 0 Å². The van der Waals surface area contributed by atoms with Crippen molar-refractivity contribution in [2.75, 3.05) is 33.3 Å². The molecular formula is C29H39N3O5. The molecule has 0 spiro atoms. The number of likely N-dealkylation sites (tertiary alicyclic amines) is 1. The van der Waals surface area contributed by atoms with E-state index in [-0.39, 0.29) is 17.0 Å². The Balaban J connectivity index is 2.13. The molecule has 8 nitrogen and oxygen atoms in total. The van der Waals surface area contributed by atoms with Gasteiger partial charge in [-0.25, -0.2) is 4.79 Å². The van der Waals surface area contributed by atoms with Crippen LogP contribution in [0.1, 0.15) is 84.5 Å². The minimum atomic E-state index is -0.729. The zero-order chi connectivity index (χ0) is 27.4. The number of rotatable bonds is 10. The zero-order valence-electron chi connectivity index (χ0n) is 23.0. The van der Waals surface area contributed by atoms with Crippen molar-refractivity contribution < 1.29 is 24.2 Å². The maximum absolute atomic E-state index is 13.4. The van der Waals surface area contributed by atoms with Gasteiger partial charge < -0.3 is 24.6 Å². The van der Waals surface area contributed by atoms with E-state index < -0.39 is 23.7 Å². The lowest BCUT2D eigenvalue weighted by molar-refractivity contribution is -0.140. The molecule has 3 rings (SSSR count). The molecule has 2 N–H and O–H groups in total. The van der Waals surface area contributed by atoms with E-state index in [9.17, 15) is 19.5 Å². The smallest absolute Gasteiger partial charge is 0.354 e. The molecule has 37 heavy (non-hydrogen) atoms. The quantitative estimate of drug-likeness (QED) is 0.208. The molecule has 0 bridgehead atoms. The van der Waals surface area contributed by atoms with Crippen LogP contribution >= 0.6 is 0 Å². The second kappa shape index (κ2) is 11.8. The Hall–Kier alpha value is -3.39. The summed E-state index contributed by atoms with van der Waals surface area (Å²) in [6, 6.07) is 7.12. The molecule has 1 fully saturated rings.